The quantitative estimate of drug-likeness (QED) is 0.826. The fraction of sp³-hybridized carbons (Fsp3) is 0.538. The van der Waals surface area contributed by atoms with Crippen LogP contribution < -0.4 is 5.73 Å². The number of halogens is 1. The Balaban J connectivity index is 2.93. The second kappa shape index (κ2) is 5.10. The second-order valence-corrected chi connectivity index (χ2v) is 10.6. The van der Waals surface area contributed by atoms with Gasteiger partial charge in [-0.1, -0.05) is 37.6 Å². The summed E-state index contributed by atoms with van der Waals surface area (Å²) in [7, 11) is -2.17. The molecule has 17 heavy (non-hydrogen) atoms. The zero-order valence-corrected chi connectivity index (χ0v) is 12.8. The van der Waals surface area contributed by atoms with E-state index >= 15 is 0 Å². The van der Waals surface area contributed by atoms with Crippen molar-refractivity contribution in [2.24, 2.45) is 5.73 Å². The molecule has 0 saturated heterocycles. The molecule has 2 nitrogen and oxygen atoms in total. The number of benzene rings is 1. The summed E-state index contributed by atoms with van der Waals surface area (Å²) < 4.78 is 0. The molecule has 0 aliphatic heterocycles. The van der Waals surface area contributed by atoms with E-state index in [-0.39, 0.29) is 5.04 Å². The van der Waals surface area contributed by atoms with E-state index in [4.69, 9.17) is 17.3 Å². The predicted octanol–water partition coefficient (Wildman–Crippen LogP) is 3.32. The van der Waals surface area contributed by atoms with Gasteiger partial charge in [-0.25, -0.2) is 0 Å². The molecule has 1 rings (SSSR count). The van der Waals surface area contributed by atoms with Crippen LogP contribution in [0.15, 0.2) is 18.2 Å². The molecule has 0 heterocycles. The molecule has 0 amide bonds. The van der Waals surface area contributed by atoms with E-state index in [9.17, 15) is 4.80 Å². The maximum absolute atomic E-state index is 10.3. The minimum Gasteiger partial charge on any atom is -0.432 e. The number of nitrogens with two attached hydrogens (primary N) is 1. The fourth-order valence-corrected chi connectivity index (χ4v) is 2.51. The molecule has 3 N–H and O–H groups in total. The third-order valence-electron chi connectivity index (χ3n) is 3.64. The SMILES string of the molecule is CC(C)(Cc1ccc(CN)c(Cl)c1)[Si](C)(C)O. The van der Waals surface area contributed by atoms with Crippen molar-refractivity contribution in [1.82, 2.24) is 0 Å². The third kappa shape index (κ3) is 3.55. The molecular formula is C13H22ClNOSi. The zero-order chi connectivity index (χ0) is 13.3. The Morgan fingerprint density at radius 2 is 1.94 bits per heavy atom. The van der Waals surface area contributed by atoms with Crippen LogP contribution in [-0.2, 0) is 13.0 Å². The maximum atomic E-state index is 10.3. The van der Waals surface area contributed by atoms with Gasteiger partial charge in [-0.05, 0) is 41.7 Å². The van der Waals surface area contributed by atoms with Gasteiger partial charge in [-0.2, -0.15) is 0 Å². The van der Waals surface area contributed by atoms with E-state index in [1.807, 2.05) is 25.2 Å². The highest BCUT2D eigenvalue weighted by Crippen LogP contribution is 2.39. The van der Waals surface area contributed by atoms with Crippen LogP contribution in [0.4, 0.5) is 0 Å². The van der Waals surface area contributed by atoms with Crippen molar-refractivity contribution in [2.45, 2.75) is 44.9 Å². The molecule has 0 unspecified atom stereocenters. The summed E-state index contributed by atoms with van der Waals surface area (Å²) in [5, 5.41) is 0.652. The normalized spacial score (nSPS) is 12.9. The van der Waals surface area contributed by atoms with Gasteiger partial charge >= 0.3 is 0 Å². The number of hydrogen-bond acceptors (Lipinski definition) is 2. The minimum absolute atomic E-state index is 0.0689. The van der Waals surface area contributed by atoms with E-state index in [1.54, 1.807) is 0 Å². The lowest BCUT2D eigenvalue weighted by molar-refractivity contribution is 0.467. The summed E-state index contributed by atoms with van der Waals surface area (Å²) in [6.45, 7) is 8.64. The molecule has 0 aliphatic carbocycles. The van der Waals surface area contributed by atoms with Crippen molar-refractivity contribution >= 4 is 19.9 Å². The Bertz CT molecular complexity index is 399. The van der Waals surface area contributed by atoms with Crippen LogP contribution in [0, 0.1) is 0 Å². The molecule has 1 aromatic rings. The molecule has 0 fully saturated rings. The summed E-state index contributed by atoms with van der Waals surface area (Å²) in [5.74, 6) is 0. The molecule has 0 aliphatic rings. The highest BCUT2D eigenvalue weighted by Gasteiger charge is 2.37. The zero-order valence-electron chi connectivity index (χ0n) is 11.0. The predicted molar refractivity (Wildman–Crippen MR) is 76.8 cm³/mol. The Kier molecular flexibility index (Phi) is 4.41. The van der Waals surface area contributed by atoms with Gasteiger partial charge in [0, 0.05) is 11.6 Å². The summed E-state index contributed by atoms with van der Waals surface area (Å²) in [6.07, 6.45) is 0.841. The topological polar surface area (TPSA) is 46.2 Å². The molecule has 0 aromatic heterocycles. The van der Waals surface area contributed by atoms with Crippen LogP contribution >= 0.6 is 11.6 Å². The molecule has 1 aromatic carbocycles. The molecule has 0 radical (unpaired) electrons. The first-order chi connectivity index (χ1) is 7.67. The van der Waals surface area contributed by atoms with Crippen molar-refractivity contribution in [1.29, 1.82) is 0 Å². The van der Waals surface area contributed by atoms with Crippen LogP contribution in [0.2, 0.25) is 23.2 Å². The van der Waals surface area contributed by atoms with Gasteiger partial charge in [0.2, 0.25) is 0 Å². The van der Waals surface area contributed by atoms with E-state index in [0.29, 0.717) is 6.54 Å². The molecule has 0 bridgehead atoms. The summed E-state index contributed by atoms with van der Waals surface area (Å²) in [4.78, 5) is 10.3. The average Bonchev–Trinajstić information content (AvgIpc) is 2.15. The number of rotatable bonds is 4. The minimum atomic E-state index is -2.17. The fourth-order valence-electron chi connectivity index (χ4n) is 1.59. The summed E-state index contributed by atoms with van der Waals surface area (Å²) in [5.41, 5.74) is 7.71. The first-order valence-corrected chi connectivity index (χ1v) is 9.19. The van der Waals surface area contributed by atoms with E-state index in [1.165, 1.54) is 0 Å². The molecule has 0 atom stereocenters. The van der Waals surface area contributed by atoms with Crippen molar-refractivity contribution in [2.75, 3.05) is 0 Å². The van der Waals surface area contributed by atoms with E-state index in [2.05, 4.69) is 19.9 Å². The third-order valence-corrected chi connectivity index (χ3v) is 7.48. The van der Waals surface area contributed by atoms with Crippen molar-refractivity contribution < 1.29 is 4.80 Å². The van der Waals surface area contributed by atoms with Crippen LogP contribution in [0.1, 0.15) is 25.0 Å². The van der Waals surface area contributed by atoms with Crippen LogP contribution in [-0.4, -0.2) is 13.1 Å². The van der Waals surface area contributed by atoms with Gasteiger partial charge in [0.05, 0.1) is 0 Å². The standard InChI is InChI=1S/C13H22ClNOSi/c1-13(2,17(3,4)16)8-10-5-6-11(9-15)12(14)7-10/h5-7,16H,8-9,15H2,1-4H3. The molecule has 4 heteroatoms. The Labute approximate surface area is 110 Å². The van der Waals surface area contributed by atoms with Crippen LogP contribution in [0.5, 0.6) is 0 Å². The highest BCUT2D eigenvalue weighted by atomic mass is 35.5. The van der Waals surface area contributed by atoms with Crippen LogP contribution in [0.3, 0.4) is 0 Å². The lowest BCUT2D eigenvalue weighted by Gasteiger charge is -2.35. The van der Waals surface area contributed by atoms with Gasteiger partial charge in [0.25, 0.3) is 0 Å². The Morgan fingerprint density at radius 1 is 1.35 bits per heavy atom. The average molecular weight is 272 g/mol. The monoisotopic (exact) mass is 271 g/mol. The van der Waals surface area contributed by atoms with Crippen molar-refractivity contribution in [3.8, 4) is 0 Å². The number of hydrogen-bond donors (Lipinski definition) is 2. The molecular weight excluding hydrogens is 250 g/mol. The van der Waals surface area contributed by atoms with Crippen molar-refractivity contribution in [3.63, 3.8) is 0 Å². The van der Waals surface area contributed by atoms with Gasteiger partial charge < -0.3 is 10.5 Å². The Morgan fingerprint density at radius 3 is 2.35 bits per heavy atom. The summed E-state index contributed by atoms with van der Waals surface area (Å²) >= 11 is 6.14. The molecule has 96 valence electrons. The molecule has 0 saturated carbocycles. The second-order valence-electron chi connectivity index (χ2n) is 5.75. The van der Waals surface area contributed by atoms with Crippen LogP contribution in [0.25, 0.3) is 0 Å². The van der Waals surface area contributed by atoms with Crippen molar-refractivity contribution in [3.05, 3.63) is 34.3 Å². The smallest absolute Gasteiger partial charge is 0.188 e. The first kappa shape index (κ1) is 14.7. The lowest BCUT2D eigenvalue weighted by Crippen LogP contribution is -2.40. The van der Waals surface area contributed by atoms with Gasteiger partial charge in [-0.15, -0.1) is 0 Å². The summed E-state index contributed by atoms with van der Waals surface area (Å²) in [6, 6.07) is 5.99. The van der Waals surface area contributed by atoms with Gasteiger partial charge in [0.15, 0.2) is 8.32 Å². The van der Waals surface area contributed by atoms with Gasteiger partial charge in [-0.3, -0.25) is 0 Å². The van der Waals surface area contributed by atoms with Gasteiger partial charge in [0.1, 0.15) is 0 Å². The first-order valence-electron chi connectivity index (χ1n) is 5.87. The lowest BCUT2D eigenvalue weighted by atomic mass is 10.0. The maximum Gasteiger partial charge on any atom is 0.188 e. The largest absolute Gasteiger partial charge is 0.432 e. The highest BCUT2D eigenvalue weighted by molar-refractivity contribution is 6.72. The molecule has 0 spiro atoms. The Hall–Kier alpha value is -0.353. The van der Waals surface area contributed by atoms with E-state index < -0.39 is 8.32 Å². The van der Waals surface area contributed by atoms with E-state index in [0.717, 1.165) is 22.6 Å².